The summed E-state index contributed by atoms with van der Waals surface area (Å²) in [4.78, 5) is 6.42. The molecule has 0 aliphatic carbocycles. The van der Waals surface area contributed by atoms with Crippen LogP contribution in [0.1, 0.15) is 29.2 Å². The molecule has 0 radical (unpaired) electrons. The van der Waals surface area contributed by atoms with E-state index in [2.05, 4.69) is 15.2 Å². The second-order valence-corrected chi connectivity index (χ2v) is 5.96. The summed E-state index contributed by atoms with van der Waals surface area (Å²) >= 11 is 0. The van der Waals surface area contributed by atoms with E-state index < -0.39 is 11.7 Å². The van der Waals surface area contributed by atoms with Crippen LogP contribution in [0.3, 0.4) is 0 Å². The Morgan fingerprint density at radius 3 is 2.86 bits per heavy atom. The van der Waals surface area contributed by atoms with Crippen molar-refractivity contribution in [3.05, 3.63) is 34.9 Å². The second-order valence-electron chi connectivity index (χ2n) is 5.96. The van der Waals surface area contributed by atoms with Gasteiger partial charge in [-0.05, 0) is 24.1 Å². The van der Waals surface area contributed by atoms with Gasteiger partial charge in [0, 0.05) is 6.04 Å². The number of hydrogen-bond donors (Lipinski definition) is 1. The van der Waals surface area contributed by atoms with Crippen LogP contribution in [0.25, 0.3) is 0 Å². The molecule has 7 heteroatoms. The molecule has 0 aromatic heterocycles. The number of alkyl halides is 3. The van der Waals surface area contributed by atoms with Gasteiger partial charge in [0.25, 0.3) is 0 Å². The van der Waals surface area contributed by atoms with Crippen molar-refractivity contribution in [2.45, 2.75) is 36.8 Å². The standard InChI is InChI=1S/C15H13F3N4/c16-15(17,18)10-3-8(1-2-9(10)5-19)14-12-4-11(21-14)13-6-20-7-22(12)13/h1-3,7,11-14,21H,4,6H2. The minimum atomic E-state index is -4.52. The Kier molecular flexibility index (Phi) is 2.76. The molecule has 22 heavy (non-hydrogen) atoms. The van der Waals surface area contributed by atoms with Crippen molar-refractivity contribution in [2.75, 3.05) is 6.54 Å². The zero-order valence-corrected chi connectivity index (χ0v) is 11.5. The number of halogens is 3. The molecular weight excluding hydrogens is 293 g/mol. The fourth-order valence-electron chi connectivity index (χ4n) is 3.87. The van der Waals surface area contributed by atoms with Crippen LogP contribution >= 0.6 is 0 Å². The Balaban J connectivity index is 1.70. The number of nitrogens with zero attached hydrogens (tertiary/aromatic N) is 3. The van der Waals surface area contributed by atoms with Gasteiger partial charge in [-0.25, -0.2) is 0 Å². The molecule has 1 aromatic carbocycles. The molecular formula is C15H13F3N4. The number of benzene rings is 1. The highest BCUT2D eigenvalue weighted by Crippen LogP contribution is 2.42. The number of piperazine rings is 1. The summed E-state index contributed by atoms with van der Waals surface area (Å²) in [6, 6.07) is 6.20. The van der Waals surface area contributed by atoms with Crippen LogP contribution in [0, 0.1) is 11.3 Å². The van der Waals surface area contributed by atoms with E-state index in [-0.39, 0.29) is 23.7 Å². The van der Waals surface area contributed by atoms with Crippen molar-refractivity contribution in [1.82, 2.24) is 10.2 Å². The first-order chi connectivity index (χ1) is 10.5. The van der Waals surface area contributed by atoms with E-state index in [1.54, 1.807) is 12.1 Å². The lowest BCUT2D eigenvalue weighted by Crippen LogP contribution is -2.50. The number of aliphatic imine (C=N–C) groups is 1. The zero-order valence-electron chi connectivity index (χ0n) is 11.5. The lowest BCUT2D eigenvalue weighted by atomic mass is 9.96. The van der Waals surface area contributed by atoms with Crippen molar-refractivity contribution in [3.8, 4) is 6.07 Å². The molecule has 0 saturated carbocycles. The molecule has 3 aliphatic heterocycles. The molecule has 2 bridgehead atoms. The van der Waals surface area contributed by atoms with Gasteiger partial charge < -0.3 is 10.2 Å². The minimum absolute atomic E-state index is 0.135. The Labute approximate surface area is 125 Å². The molecule has 1 N–H and O–H groups in total. The quantitative estimate of drug-likeness (QED) is 0.864. The molecule has 4 nitrogen and oxygen atoms in total. The first-order valence-electron chi connectivity index (χ1n) is 7.14. The van der Waals surface area contributed by atoms with E-state index in [1.165, 1.54) is 6.07 Å². The Morgan fingerprint density at radius 2 is 2.14 bits per heavy atom. The highest BCUT2D eigenvalue weighted by atomic mass is 19.4. The van der Waals surface area contributed by atoms with Gasteiger partial charge in [-0.15, -0.1) is 0 Å². The van der Waals surface area contributed by atoms with Gasteiger partial charge in [0.15, 0.2) is 0 Å². The summed E-state index contributed by atoms with van der Waals surface area (Å²) in [6.45, 7) is 0.752. The molecule has 1 aromatic rings. The summed E-state index contributed by atoms with van der Waals surface area (Å²) in [5.74, 6) is 0. The van der Waals surface area contributed by atoms with Gasteiger partial charge in [0.2, 0.25) is 0 Å². The van der Waals surface area contributed by atoms with E-state index in [0.717, 1.165) is 19.0 Å². The van der Waals surface area contributed by atoms with Crippen molar-refractivity contribution in [1.29, 1.82) is 5.26 Å². The zero-order chi connectivity index (χ0) is 15.5. The molecule has 2 saturated heterocycles. The Morgan fingerprint density at radius 1 is 1.32 bits per heavy atom. The van der Waals surface area contributed by atoms with E-state index in [0.29, 0.717) is 11.6 Å². The number of fused-ring (bicyclic) bond motifs is 5. The largest absolute Gasteiger partial charge is 0.417 e. The molecule has 4 unspecified atom stereocenters. The predicted molar refractivity (Wildman–Crippen MR) is 73.2 cm³/mol. The minimum Gasteiger partial charge on any atom is -0.352 e. The van der Waals surface area contributed by atoms with Crippen molar-refractivity contribution >= 4 is 6.34 Å². The third-order valence-electron chi connectivity index (χ3n) is 4.84. The number of nitrogens with one attached hydrogen (secondary N) is 1. The lowest BCUT2D eigenvalue weighted by molar-refractivity contribution is -0.137. The van der Waals surface area contributed by atoms with Crippen LogP contribution in [0.4, 0.5) is 13.2 Å². The molecule has 0 spiro atoms. The van der Waals surface area contributed by atoms with Crippen molar-refractivity contribution in [2.24, 2.45) is 4.99 Å². The average Bonchev–Trinajstić information content (AvgIpc) is 3.17. The summed E-state index contributed by atoms with van der Waals surface area (Å²) in [5, 5.41) is 12.3. The first-order valence-corrected chi connectivity index (χ1v) is 7.14. The maximum Gasteiger partial charge on any atom is 0.417 e. The van der Waals surface area contributed by atoms with Crippen LogP contribution in [0.5, 0.6) is 0 Å². The predicted octanol–water partition coefficient (Wildman–Crippen LogP) is 2.07. The van der Waals surface area contributed by atoms with Gasteiger partial charge in [-0.3, -0.25) is 4.99 Å². The van der Waals surface area contributed by atoms with Crippen LogP contribution < -0.4 is 5.32 Å². The number of nitriles is 1. The third kappa shape index (κ3) is 1.83. The van der Waals surface area contributed by atoms with E-state index in [9.17, 15) is 13.2 Å². The summed E-state index contributed by atoms with van der Waals surface area (Å²) in [5.41, 5.74) is -0.610. The first kappa shape index (κ1) is 13.6. The third-order valence-corrected chi connectivity index (χ3v) is 4.84. The van der Waals surface area contributed by atoms with Crippen molar-refractivity contribution in [3.63, 3.8) is 0 Å². The fourth-order valence-corrected chi connectivity index (χ4v) is 3.87. The van der Waals surface area contributed by atoms with Crippen LogP contribution in [0.15, 0.2) is 23.2 Å². The summed E-state index contributed by atoms with van der Waals surface area (Å²) in [6.07, 6.45) is -1.78. The van der Waals surface area contributed by atoms with Crippen LogP contribution in [0.2, 0.25) is 0 Å². The normalized spacial score (nSPS) is 32.4. The molecule has 3 aliphatic rings. The van der Waals surface area contributed by atoms with Crippen LogP contribution in [-0.2, 0) is 6.18 Å². The average molecular weight is 306 g/mol. The Bertz CT molecular complexity index is 691. The lowest BCUT2D eigenvalue weighted by Gasteiger charge is -2.35. The highest BCUT2D eigenvalue weighted by molar-refractivity contribution is 5.61. The smallest absolute Gasteiger partial charge is 0.352 e. The maximum atomic E-state index is 13.1. The van der Waals surface area contributed by atoms with E-state index >= 15 is 0 Å². The maximum absolute atomic E-state index is 13.1. The molecule has 4 rings (SSSR count). The van der Waals surface area contributed by atoms with Crippen LogP contribution in [-0.4, -0.2) is 35.9 Å². The van der Waals surface area contributed by atoms with Gasteiger partial charge in [0.05, 0.1) is 48.2 Å². The molecule has 3 heterocycles. The topological polar surface area (TPSA) is 51.4 Å². The monoisotopic (exact) mass is 306 g/mol. The summed E-state index contributed by atoms with van der Waals surface area (Å²) in [7, 11) is 0. The second kappa shape index (κ2) is 4.46. The summed E-state index contributed by atoms with van der Waals surface area (Å²) < 4.78 is 39.3. The van der Waals surface area contributed by atoms with Gasteiger partial charge in [0.1, 0.15) is 0 Å². The van der Waals surface area contributed by atoms with Gasteiger partial charge in [-0.1, -0.05) is 6.07 Å². The molecule has 0 amide bonds. The van der Waals surface area contributed by atoms with E-state index in [4.69, 9.17) is 5.26 Å². The number of rotatable bonds is 1. The molecule has 114 valence electrons. The van der Waals surface area contributed by atoms with E-state index in [1.807, 2.05) is 6.34 Å². The fraction of sp³-hybridized carbons (Fsp3) is 0.467. The number of hydrogen-bond acceptors (Lipinski definition) is 4. The molecule has 2 fully saturated rings. The van der Waals surface area contributed by atoms with Crippen molar-refractivity contribution < 1.29 is 13.2 Å². The molecule has 4 atom stereocenters. The van der Waals surface area contributed by atoms with Gasteiger partial charge >= 0.3 is 6.18 Å². The highest BCUT2D eigenvalue weighted by Gasteiger charge is 2.52. The van der Waals surface area contributed by atoms with Gasteiger partial charge in [-0.2, -0.15) is 18.4 Å². The Hall–Kier alpha value is -2.07. The SMILES string of the molecule is N#Cc1ccc(C2NC3CC2N2C=NCC32)cc1C(F)(F)F.